The summed E-state index contributed by atoms with van der Waals surface area (Å²) in [5, 5.41) is 0.724. The number of carbonyl (C=O) groups is 1. The zero-order valence-electron chi connectivity index (χ0n) is 20.4. The van der Waals surface area contributed by atoms with E-state index in [1.165, 1.54) is 11.3 Å². The van der Waals surface area contributed by atoms with Gasteiger partial charge in [-0.05, 0) is 43.7 Å². The van der Waals surface area contributed by atoms with E-state index in [1.807, 2.05) is 30.3 Å². The monoisotopic (exact) mass is 568 g/mol. The minimum Gasteiger partial charge on any atom is -0.484 e. The number of hydrogen-bond acceptors (Lipinski definition) is 7. The second-order valence-corrected chi connectivity index (χ2v) is 10.2. The van der Waals surface area contributed by atoms with Gasteiger partial charge in [-0.15, -0.1) is 0 Å². The van der Waals surface area contributed by atoms with Gasteiger partial charge in [0.15, 0.2) is 4.80 Å². The highest BCUT2D eigenvalue weighted by Gasteiger charge is 2.33. The van der Waals surface area contributed by atoms with Crippen LogP contribution in [0.3, 0.4) is 0 Å². The van der Waals surface area contributed by atoms with Gasteiger partial charge >= 0.3 is 5.97 Å². The third kappa shape index (κ3) is 5.07. The van der Waals surface area contributed by atoms with Gasteiger partial charge < -0.3 is 13.9 Å². The summed E-state index contributed by atoms with van der Waals surface area (Å²) in [6.45, 7) is 3.85. The smallest absolute Gasteiger partial charge is 0.338 e. The zero-order valence-corrected chi connectivity index (χ0v) is 22.8. The second-order valence-electron chi connectivity index (χ2n) is 8.36. The van der Waals surface area contributed by atoms with Crippen molar-refractivity contribution in [1.82, 2.24) is 4.57 Å². The predicted octanol–water partition coefficient (Wildman–Crippen LogP) is 5.28. The van der Waals surface area contributed by atoms with Gasteiger partial charge in [0, 0.05) is 6.08 Å². The average molecular weight is 569 g/mol. The summed E-state index contributed by atoms with van der Waals surface area (Å²) in [4.78, 5) is 31.6. The van der Waals surface area contributed by atoms with E-state index in [9.17, 15) is 9.59 Å². The van der Waals surface area contributed by atoms with Gasteiger partial charge in [0.25, 0.3) is 5.56 Å². The standard InChI is InChI=1S/C28H22Cl2N2O5S/c1-3-35-27(34)23-16(2)31-28-32(25(23)17-8-5-4-6-9-17)26(33)22(38-28)14-18-12-13-19(37-18)15-36-21-11-7-10-20(29)24(21)30/h4-14,25H,3,15H2,1-2H3. The van der Waals surface area contributed by atoms with E-state index in [0.717, 1.165) is 5.56 Å². The van der Waals surface area contributed by atoms with Crippen LogP contribution in [0.1, 0.15) is 37.0 Å². The molecule has 1 unspecified atom stereocenters. The van der Waals surface area contributed by atoms with Crippen molar-refractivity contribution in [1.29, 1.82) is 0 Å². The Bertz CT molecular complexity index is 1720. The van der Waals surface area contributed by atoms with Gasteiger partial charge in [-0.3, -0.25) is 9.36 Å². The number of carbonyl (C=O) groups excluding carboxylic acids is 1. The highest BCUT2D eigenvalue weighted by atomic mass is 35.5. The van der Waals surface area contributed by atoms with E-state index in [0.29, 0.717) is 47.9 Å². The third-order valence-corrected chi connectivity index (χ3v) is 7.66. The number of allylic oxidation sites excluding steroid dienone is 1. The molecule has 4 aromatic rings. The molecule has 5 rings (SSSR count). The summed E-state index contributed by atoms with van der Waals surface area (Å²) in [5.74, 6) is 0.970. The largest absolute Gasteiger partial charge is 0.484 e. The van der Waals surface area contributed by atoms with Crippen LogP contribution in [-0.4, -0.2) is 17.1 Å². The number of ether oxygens (including phenoxy) is 2. The van der Waals surface area contributed by atoms with Crippen molar-refractivity contribution in [3.63, 3.8) is 0 Å². The molecule has 1 aliphatic rings. The summed E-state index contributed by atoms with van der Waals surface area (Å²) < 4.78 is 18.9. The van der Waals surface area contributed by atoms with E-state index in [1.54, 1.807) is 54.8 Å². The zero-order chi connectivity index (χ0) is 26.8. The molecule has 38 heavy (non-hydrogen) atoms. The molecule has 0 spiro atoms. The van der Waals surface area contributed by atoms with Crippen molar-refractivity contribution in [3.05, 3.63) is 119 Å². The maximum atomic E-state index is 13.6. The van der Waals surface area contributed by atoms with Crippen LogP contribution in [0.25, 0.3) is 6.08 Å². The molecule has 0 N–H and O–H groups in total. The van der Waals surface area contributed by atoms with Crippen LogP contribution in [0.4, 0.5) is 0 Å². The highest BCUT2D eigenvalue weighted by Crippen LogP contribution is 2.32. The maximum Gasteiger partial charge on any atom is 0.338 e. The van der Waals surface area contributed by atoms with Crippen molar-refractivity contribution in [2.24, 2.45) is 4.99 Å². The third-order valence-electron chi connectivity index (χ3n) is 5.87. The lowest BCUT2D eigenvalue weighted by Gasteiger charge is -2.24. The molecule has 10 heteroatoms. The molecular weight excluding hydrogens is 547 g/mol. The summed E-state index contributed by atoms with van der Waals surface area (Å²) >= 11 is 13.5. The van der Waals surface area contributed by atoms with Gasteiger partial charge in [0.2, 0.25) is 0 Å². The molecule has 0 radical (unpaired) electrons. The van der Waals surface area contributed by atoms with Crippen LogP contribution in [0, 0.1) is 0 Å². The fourth-order valence-electron chi connectivity index (χ4n) is 4.17. The SMILES string of the molecule is CCOC(=O)C1=C(C)N=c2sc(=Cc3ccc(COc4cccc(Cl)c4Cl)o3)c(=O)n2C1c1ccccc1. The summed E-state index contributed by atoms with van der Waals surface area (Å²) in [7, 11) is 0. The Labute approximate surface area is 231 Å². The molecule has 0 aliphatic carbocycles. The van der Waals surface area contributed by atoms with Crippen LogP contribution >= 0.6 is 34.5 Å². The van der Waals surface area contributed by atoms with Gasteiger partial charge in [0.05, 0.1) is 33.5 Å². The Morgan fingerprint density at radius 2 is 1.92 bits per heavy atom. The van der Waals surface area contributed by atoms with Crippen molar-refractivity contribution < 1.29 is 18.7 Å². The summed E-state index contributed by atoms with van der Waals surface area (Å²) in [6, 6.07) is 17.4. The highest BCUT2D eigenvalue weighted by molar-refractivity contribution is 7.07. The number of rotatable bonds is 7. The normalized spacial score (nSPS) is 15.3. The van der Waals surface area contributed by atoms with Crippen molar-refractivity contribution >= 4 is 46.6 Å². The minimum absolute atomic E-state index is 0.130. The fraction of sp³-hybridized carbons (Fsp3) is 0.179. The van der Waals surface area contributed by atoms with Crippen LogP contribution in [-0.2, 0) is 16.1 Å². The van der Waals surface area contributed by atoms with Crippen molar-refractivity contribution in [2.75, 3.05) is 6.61 Å². The molecule has 1 aliphatic heterocycles. The number of thiazole rings is 1. The molecule has 3 heterocycles. The Hall–Kier alpha value is -3.59. The molecule has 7 nitrogen and oxygen atoms in total. The van der Waals surface area contributed by atoms with Gasteiger partial charge in [-0.1, -0.05) is 70.9 Å². The Kier molecular flexibility index (Phi) is 7.56. The van der Waals surface area contributed by atoms with E-state index in [-0.39, 0.29) is 18.8 Å². The van der Waals surface area contributed by atoms with Crippen molar-refractivity contribution in [3.8, 4) is 5.75 Å². The lowest BCUT2D eigenvalue weighted by Crippen LogP contribution is -2.39. The van der Waals surface area contributed by atoms with Crippen LogP contribution in [0.5, 0.6) is 5.75 Å². The predicted molar refractivity (Wildman–Crippen MR) is 146 cm³/mol. The molecule has 0 saturated carbocycles. The van der Waals surface area contributed by atoms with Gasteiger partial charge in [0.1, 0.15) is 28.9 Å². The first-order valence-corrected chi connectivity index (χ1v) is 13.3. The van der Waals surface area contributed by atoms with E-state index in [4.69, 9.17) is 37.1 Å². The molecule has 0 fully saturated rings. The molecule has 1 atom stereocenters. The Morgan fingerprint density at radius 3 is 2.68 bits per heavy atom. The number of benzene rings is 2. The van der Waals surface area contributed by atoms with Crippen LogP contribution in [0.2, 0.25) is 10.0 Å². The molecule has 2 aromatic carbocycles. The molecule has 0 saturated heterocycles. The molecule has 194 valence electrons. The first-order valence-electron chi connectivity index (χ1n) is 11.8. The quantitative estimate of drug-likeness (QED) is 0.283. The Morgan fingerprint density at radius 1 is 1.13 bits per heavy atom. The summed E-state index contributed by atoms with van der Waals surface area (Å²) in [6.07, 6.45) is 1.66. The maximum absolute atomic E-state index is 13.6. The number of hydrogen-bond donors (Lipinski definition) is 0. The molecule has 0 amide bonds. The van der Waals surface area contributed by atoms with Gasteiger partial charge in [-0.25, -0.2) is 9.79 Å². The van der Waals surface area contributed by atoms with Gasteiger partial charge in [-0.2, -0.15) is 0 Å². The van der Waals surface area contributed by atoms with E-state index in [2.05, 4.69) is 4.99 Å². The van der Waals surface area contributed by atoms with Crippen LogP contribution in [0.15, 0.2) is 86.1 Å². The lowest BCUT2D eigenvalue weighted by atomic mass is 9.96. The van der Waals surface area contributed by atoms with Crippen molar-refractivity contribution in [2.45, 2.75) is 26.5 Å². The number of fused-ring (bicyclic) bond motifs is 1. The Balaban J connectivity index is 1.50. The fourth-order valence-corrected chi connectivity index (χ4v) is 5.54. The number of esters is 1. The number of furan rings is 1. The number of nitrogens with zero attached hydrogens (tertiary/aromatic N) is 2. The van der Waals surface area contributed by atoms with E-state index >= 15 is 0 Å². The number of aromatic nitrogens is 1. The topological polar surface area (TPSA) is 83.0 Å². The lowest BCUT2D eigenvalue weighted by molar-refractivity contribution is -0.139. The molecule has 0 bridgehead atoms. The van der Waals surface area contributed by atoms with Crippen LogP contribution < -0.4 is 19.6 Å². The minimum atomic E-state index is -0.656. The van der Waals surface area contributed by atoms with E-state index < -0.39 is 12.0 Å². The second kappa shape index (κ2) is 11.0. The average Bonchev–Trinajstić information content (AvgIpc) is 3.48. The first-order chi connectivity index (χ1) is 18.4. The molecule has 2 aromatic heterocycles. The number of halogens is 2. The summed E-state index contributed by atoms with van der Waals surface area (Å²) in [5.41, 5.74) is 1.36. The first kappa shape index (κ1) is 26.0. The molecular formula is C28H22Cl2N2O5S.